The Bertz CT molecular complexity index is 1840. The van der Waals surface area contributed by atoms with Gasteiger partial charge in [-0.2, -0.15) is 5.26 Å². The summed E-state index contributed by atoms with van der Waals surface area (Å²) in [6.07, 6.45) is 0.977. The summed E-state index contributed by atoms with van der Waals surface area (Å²) in [6, 6.07) is 26.9. The zero-order valence-electron chi connectivity index (χ0n) is 30.0. The highest BCUT2D eigenvalue weighted by Gasteiger charge is 2.38. The summed E-state index contributed by atoms with van der Waals surface area (Å²) in [4.78, 5) is 27.4. The summed E-state index contributed by atoms with van der Waals surface area (Å²) >= 11 is 6.61. The molecule has 1 aromatic heterocycles. The Morgan fingerprint density at radius 2 is 1.78 bits per heavy atom. The fourth-order valence-corrected chi connectivity index (χ4v) is 6.86. The van der Waals surface area contributed by atoms with E-state index in [2.05, 4.69) is 80.9 Å². The van der Waals surface area contributed by atoms with E-state index in [1.165, 1.54) is 11.1 Å². The fourth-order valence-electron chi connectivity index (χ4n) is 6.65. The number of rotatable bonds is 12. The molecule has 1 aliphatic rings. The molecule has 10 heteroatoms. The second-order valence-electron chi connectivity index (χ2n) is 14.6. The van der Waals surface area contributed by atoms with Crippen LogP contribution in [-0.2, 0) is 13.0 Å². The normalized spacial score (nSPS) is 17.4. The number of nitrogens with one attached hydrogen (secondary N) is 3. The van der Waals surface area contributed by atoms with Gasteiger partial charge in [-0.3, -0.25) is 4.79 Å². The third-order valence-electron chi connectivity index (χ3n) is 9.72. The number of benzene rings is 3. The van der Waals surface area contributed by atoms with Gasteiger partial charge in [-0.15, -0.1) is 0 Å². The number of hydrogen-bond acceptors (Lipinski definition) is 6. The first kappa shape index (κ1) is 37.6. The molecule has 5 rings (SSSR count). The lowest BCUT2D eigenvalue weighted by Crippen LogP contribution is -2.56. The number of amides is 2. The number of nitrogens with zero attached hydrogens (tertiary/aromatic N) is 2. The second-order valence-corrected chi connectivity index (χ2v) is 15.1. The molecule has 0 bridgehead atoms. The highest BCUT2D eigenvalue weighted by molar-refractivity contribution is 6.34. The van der Waals surface area contributed by atoms with E-state index >= 15 is 0 Å². The van der Waals surface area contributed by atoms with Gasteiger partial charge in [0.05, 0.1) is 28.8 Å². The molecule has 1 fully saturated rings. The number of halogens is 1. The third-order valence-corrected chi connectivity index (χ3v) is 10.0. The van der Waals surface area contributed by atoms with Gasteiger partial charge < -0.3 is 30.4 Å². The number of likely N-dealkylation sites (tertiary alicyclic amines) is 1. The van der Waals surface area contributed by atoms with Crippen LogP contribution in [0.15, 0.2) is 83.3 Å². The molecule has 4 aromatic rings. The first-order valence-electron chi connectivity index (χ1n) is 17.5. The van der Waals surface area contributed by atoms with E-state index in [1.807, 2.05) is 30.3 Å². The molecule has 0 aliphatic carbocycles. The summed E-state index contributed by atoms with van der Waals surface area (Å²) in [5, 5.41) is 29.7. The molecule has 0 radical (unpaired) electrons. The van der Waals surface area contributed by atoms with Crippen molar-refractivity contribution >= 4 is 23.6 Å². The predicted octanol–water partition coefficient (Wildman–Crippen LogP) is 8.12. The van der Waals surface area contributed by atoms with Gasteiger partial charge in [-0.25, -0.2) is 4.79 Å². The number of nitriles is 1. The molecule has 9 nitrogen and oxygen atoms in total. The maximum atomic E-state index is 13.9. The van der Waals surface area contributed by atoms with Gasteiger partial charge in [0.25, 0.3) is 5.91 Å². The van der Waals surface area contributed by atoms with Crippen molar-refractivity contribution in [1.29, 1.82) is 5.26 Å². The monoisotopic (exact) mass is 709 g/mol. The number of piperidine rings is 1. The zero-order valence-corrected chi connectivity index (χ0v) is 30.8. The van der Waals surface area contributed by atoms with Gasteiger partial charge in [-0.05, 0) is 92.1 Å². The van der Waals surface area contributed by atoms with E-state index in [0.29, 0.717) is 60.8 Å². The largest absolute Gasteiger partial charge is 0.465 e. The first-order chi connectivity index (χ1) is 24.3. The maximum Gasteiger partial charge on any atom is 0.407 e. The molecule has 4 atom stereocenters. The minimum Gasteiger partial charge on any atom is -0.465 e. The number of aryl methyl sites for hydroxylation is 1. The molecule has 4 N–H and O–H groups in total. The molecule has 0 saturated carbocycles. The van der Waals surface area contributed by atoms with Crippen LogP contribution in [0.25, 0.3) is 11.3 Å². The van der Waals surface area contributed by atoms with E-state index in [1.54, 1.807) is 29.2 Å². The van der Waals surface area contributed by atoms with Crippen LogP contribution in [-0.4, -0.2) is 53.2 Å². The minimum absolute atomic E-state index is 0.0830. The summed E-state index contributed by atoms with van der Waals surface area (Å²) in [5.74, 6) is 1.11. The summed E-state index contributed by atoms with van der Waals surface area (Å²) in [5.41, 5.74) is 4.82. The standard InChI is InChI=1S/C41H48ClN5O4/c1-26-6-12-30(13-7-26)27(2)44-25-34-15-17-37(51-34)31-14-16-36(42)35(21-31)39(48)46-33(20-28-8-10-29(23-43)11-9-28)24-45-32-18-19-47(40(49)50)38(22-32)41(3,4)5/h6-17,21,27,32-33,38,44-45H,18-20,22,24-25H2,1-5H3,(H,46,48)(H,49,50)/t27-,32?,33-,38?/m1/s1. The van der Waals surface area contributed by atoms with Crippen molar-refractivity contribution in [2.45, 2.75) is 84.6 Å². The van der Waals surface area contributed by atoms with Crippen LogP contribution in [0.5, 0.6) is 0 Å². The molecule has 2 heterocycles. The molecule has 1 saturated heterocycles. The molecule has 1 aliphatic heterocycles. The van der Waals surface area contributed by atoms with Crippen molar-refractivity contribution in [2.24, 2.45) is 5.41 Å². The highest BCUT2D eigenvalue weighted by atomic mass is 35.5. The average molecular weight is 710 g/mol. The zero-order chi connectivity index (χ0) is 36.7. The van der Waals surface area contributed by atoms with E-state index in [9.17, 15) is 20.0 Å². The lowest BCUT2D eigenvalue weighted by molar-refractivity contribution is 0.0479. The Labute approximate surface area is 306 Å². The molecule has 51 heavy (non-hydrogen) atoms. The van der Waals surface area contributed by atoms with Gasteiger partial charge in [0.15, 0.2) is 0 Å². The van der Waals surface area contributed by atoms with Crippen molar-refractivity contribution in [1.82, 2.24) is 20.9 Å². The molecule has 2 amide bonds. The van der Waals surface area contributed by atoms with Crippen LogP contribution < -0.4 is 16.0 Å². The number of carboxylic acid groups (broad SMARTS) is 1. The molecule has 2 unspecified atom stereocenters. The number of carbonyl (C=O) groups is 2. The second kappa shape index (κ2) is 16.6. The maximum absolute atomic E-state index is 13.9. The molecular weight excluding hydrogens is 662 g/mol. The summed E-state index contributed by atoms with van der Waals surface area (Å²) in [7, 11) is 0. The molecule has 3 aromatic carbocycles. The quantitative estimate of drug-likeness (QED) is 0.117. The van der Waals surface area contributed by atoms with Crippen molar-refractivity contribution in [2.75, 3.05) is 13.1 Å². The van der Waals surface area contributed by atoms with Crippen LogP contribution in [0, 0.1) is 23.7 Å². The van der Waals surface area contributed by atoms with Gasteiger partial charge in [-0.1, -0.05) is 74.3 Å². The van der Waals surface area contributed by atoms with Gasteiger partial charge in [0.1, 0.15) is 11.5 Å². The van der Waals surface area contributed by atoms with Crippen LogP contribution in [0.3, 0.4) is 0 Å². The van der Waals surface area contributed by atoms with Crippen LogP contribution in [0.2, 0.25) is 5.02 Å². The molecule has 268 valence electrons. The third kappa shape index (κ3) is 10.0. The SMILES string of the molecule is Cc1ccc([C@@H](C)NCc2ccc(-c3ccc(Cl)c(C(=O)N[C@@H](CNC4CCN(C(=O)O)C(C(C)(C)C)C4)Cc4ccc(C#N)cc4)c3)o2)cc1. The van der Waals surface area contributed by atoms with Gasteiger partial charge in [0, 0.05) is 42.8 Å². The van der Waals surface area contributed by atoms with Gasteiger partial charge >= 0.3 is 6.09 Å². The van der Waals surface area contributed by atoms with E-state index in [4.69, 9.17) is 16.0 Å². The smallest absolute Gasteiger partial charge is 0.407 e. The molecular formula is C41H48ClN5O4. The minimum atomic E-state index is -0.895. The number of hydrogen-bond donors (Lipinski definition) is 4. The highest BCUT2D eigenvalue weighted by Crippen LogP contribution is 2.32. The van der Waals surface area contributed by atoms with Crippen LogP contribution in [0.4, 0.5) is 4.79 Å². The summed E-state index contributed by atoms with van der Waals surface area (Å²) < 4.78 is 6.18. The Hall–Kier alpha value is -4.62. The Morgan fingerprint density at radius 3 is 2.45 bits per heavy atom. The fraction of sp³-hybridized carbons (Fsp3) is 0.390. The predicted molar refractivity (Wildman–Crippen MR) is 201 cm³/mol. The van der Waals surface area contributed by atoms with Crippen LogP contribution >= 0.6 is 11.6 Å². The van der Waals surface area contributed by atoms with E-state index < -0.39 is 6.09 Å². The molecule has 0 spiro atoms. The van der Waals surface area contributed by atoms with Crippen molar-refractivity contribution < 1.29 is 19.1 Å². The average Bonchev–Trinajstić information content (AvgIpc) is 3.59. The van der Waals surface area contributed by atoms with E-state index in [-0.39, 0.29) is 35.5 Å². The van der Waals surface area contributed by atoms with E-state index in [0.717, 1.165) is 16.9 Å². The number of carbonyl (C=O) groups excluding carboxylic acids is 1. The Morgan fingerprint density at radius 1 is 1.06 bits per heavy atom. The Balaban J connectivity index is 1.28. The first-order valence-corrected chi connectivity index (χ1v) is 17.9. The number of furan rings is 1. The van der Waals surface area contributed by atoms with Gasteiger partial charge in [0.2, 0.25) is 0 Å². The van der Waals surface area contributed by atoms with Crippen molar-refractivity contribution in [3.8, 4) is 17.4 Å². The van der Waals surface area contributed by atoms with Crippen molar-refractivity contribution in [3.05, 3.63) is 117 Å². The lowest BCUT2D eigenvalue weighted by atomic mass is 9.79. The van der Waals surface area contributed by atoms with Crippen molar-refractivity contribution in [3.63, 3.8) is 0 Å². The summed E-state index contributed by atoms with van der Waals surface area (Å²) in [6.45, 7) is 11.8. The topological polar surface area (TPSA) is 131 Å². The lowest BCUT2D eigenvalue weighted by Gasteiger charge is -2.45. The van der Waals surface area contributed by atoms with Crippen LogP contribution in [0.1, 0.15) is 85.0 Å². The Kier molecular flexibility index (Phi) is 12.2.